The average molecular weight is 111 g/mol. The molecule has 1 aliphatic rings. The Morgan fingerprint density at radius 1 is 1.62 bits per heavy atom. The second-order valence-corrected chi connectivity index (χ2v) is 2.64. The van der Waals surface area contributed by atoms with Gasteiger partial charge in [-0.15, -0.1) is 0 Å². The second-order valence-electron chi connectivity index (χ2n) is 2.64. The molecule has 1 nitrogen and oxygen atoms in total. The maximum absolute atomic E-state index is 2.32. The summed E-state index contributed by atoms with van der Waals surface area (Å²) in [6, 6.07) is 0. The molecule has 0 aliphatic heterocycles. The Bertz CT molecular complexity index is 103. The van der Waals surface area contributed by atoms with E-state index in [2.05, 4.69) is 25.1 Å². The van der Waals surface area contributed by atoms with Gasteiger partial charge in [0.25, 0.3) is 0 Å². The summed E-state index contributed by atoms with van der Waals surface area (Å²) < 4.78 is 0. The van der Waals surface area contributed by atoms with Crippen molar-refractivity contribution >= 4 is 0 Å². The summed E-state index contributed by atoms with van der Waals surface area (Å²) in [7, 11) is 4.22. The molecule has 0 atom stereocenters. The van der Waals surface area contributed by atoms with Gasteiger partial charge in [0, 0.05) is 6.54 Å². The molecule has 0 saturated carbocycles. The average Bonchev–Trinajstić information content (AvgIpc) is 1.55. The van der Waals surface area contributed by atoms with Crippen LogP contribution in [-0.4, -0.2) is 25.5 Å². The van der Waals surface area contributed by atoms with Crippen LogP contribution in [0.2, 0.25) is 0 Å². The maximum atomic E-state index is 2.32. The molecule has 0 aromatic carbocycles. The van der Waals surface area contributed by atoms with Gasteiger partial charge in [-0.05, 0) is 26.9 Å². The highest BCUT2D eigenvalue weighted by atomic mass is 15.0. The Hall–Kier alpha value is -0.300. The van der Waals surface area contributed by atoms with Gasteiger partial charge in [0.1, 0.15) is 0 Å². The molecule has 1 aliphatic carbocycles. The second kappa shape index (κ2) is 2.31. The molecular weight excluding hydrogens is 98.1 g/mol. The van der Waals surface area contributed by atoms with Crippen molar-refractivity contribution in [2.45, 2.75) is 12.8 Å². The number of rotatable bonds is 2. The van der Waals surface area contributed by atoms with Crippen LogP contribution < -0.4 is 0 Å². The number of allylic oxidation sites excluding steroid dienone is 1. The van der Waals surface area contributed by atoms with E-state index in [-0.39, 0.29) is 0 Å². The highest BCUT2D eigenvalue weighted by Crippen LogP contribution is 2.17. The Kier molecular flexibility index (Phi) is 1.69. The van der Waals surface area contributed by atoms with Crippen molar-refractivity contribution in [3.8, 4) is 0 Å². The molecule has 0 aromatic rings. The highest BCUT2D eigenvalue weighted by Gasteiger charge is 2.04. The van der Waals surface area contributed by atoms with Crippen molar-refractivity contribution in [1.82, 2.24) is 4.90 Å². The van der Waals surface area contributed by atoms with Gasteiger partial charge in [0.2, 0.25) is 0 Å². The van der Waals surface area contributed by atoms with Crippen molar-refractivity contribution in [2.75, 3.05) is 20.6 Å². The summed E-state index contributed by atoms with van der Waals surface area (Å²) in [6.45, 7) is 1.17. The molecule has 8 heavy (non-hydrogen) atoms. The van der Waals surface area contributed by atoms with Crippen LogP contribution in [0.3, 0.4) is 0 Å². The van der Waals surface area contributed by atoms with Gasteiger partial charge >= 0.3 is 0 Å². The van der Waals surface area contributed by atoms with Crippen LogP contribution in [0.25, 0.3) is 0 Å². The van der Waals surface area contributed by atoms with Gasteiger partial charge < -0.3 is 4.90 Å². The third-order valence-corrected chi connectivity index (χ3v) is 1.42. The lowest BCUT2D eigenvalue weighted by atomic mass is 9.99. The topological polar surface area (TPSA) is 3.24 Å². The van der Waals surface area contributed by atoms with Gasteiger partial charge in [-0.1, -0.05) is 11.6 Å². The summed E-state index contributed by atoms with van der Waals surface area (Å²) in [5.74, 6) is 0. The van der Waals surface area contributed by atoms with Crippen molar-refractivity contribution in [3.63, 3.8) is 0 Å². The summed E-state index contributed by atoms with van der Waals surface area (Å²) in [4.78, 5) is 2.21. The first-order valence-electron chi connectivity index (χ1n) is 3.11. The van der Waals surface area contributed by atoms with Crippen molar-refractivity contribution in [1.29, 1.82) is 0 Å². The summed E-state index contributed by atoms with van der Waals surface area (Å²) in [5, 5.41) is 0. The monoisotopic (exact) mass is 111 g/mol. The van der Waals surface area contributed by atoms with E-state index in [9.17, 15) is 0 Å². The largest absolute Gasteiger partial charge is 0.305 e. The van der Waals surface area contributed by atoms with Crippen LogP contribution in [0, 0.1) is 0 Å². The van der Waals surface area contributed by atoms with Crippen molar-refractivity contribution in [3.05, 3.63) is 11.6 Å². The van der Waals surface area contributed by atoms with Gasteiger partial charge in [0.05, 0.1) is 0 Å². The van der Waals surface area contributed by atoms with Crippen LogP contribution in [0.15, 0.2) is 11.6 Å². The Labute approximate surface area is 51.0 Å². The lowest BCUT2D eigenvalue weighted by Crippen LogP contribution is -2.17. The molecule has 0 unspecified atom stereocenters. The molecule has 0 spiro atoms. The van der Waals surface area contributed by atoms with Crippen LogP contribution in [0.1, 0.15) is 12.8 Å². The minimum absolute atomic E-state index is 1.17. The van der Waals surface area contributed by atoms with E-state index in [1.54, 1.807) is 5.57 Å². The SMILES string of the molecule is CN(C)CC1=CCC1. The zero-order chi connectivity index (χ0) is 5.98. The first kappa shape index (κ1) is 5.83. The first-order chi connectivity index (χ1) is 3.79. The Morgan fingerprint density at radius 2 is 2.25 bits per heavy atom. The fourth-order valence-corrected chi connectivity index (χ4v) is 0.898. The summed E-state index contributed by atoms with van der Waals surface area (Å²) >= 11 is 0. The molecule has 46 valence electrons. The zero-order valence-electron chi connectivity index (χ0n) is 5.65. The Morgan fingerprint density at radius 3 is 2.38 bits per heavy atom. The van der Waals surface area contributed by atoms with Gasteiger partial charge in [-0.2, -0.15) is 0 Å². The predicted molar refractivity (Wildman–Crippen MR) is 35.9 cm³/mol. The smallest absolute Gasteiger partial charge is 0.0186 e. The van der Waals surface area contributed by atoms with E-state index >= 15 is 0 Å². The zero-order valence-corrected chi connectivity index (χ0v) is 5.65. The molecule has 0 radical (unpaired) electrons. The van der Waals surface area contributed by atoms with E-state index in [0.717, 1.165) is 0 Å². The van der Waals surface area contributed by atoms with Crippen LogP contribution in [-0.2, 0) is 0 Å². The molecule has 0 bridgehead atoms. The van der Waals surface area contributed by atoms with E-state index in [1.165, 1.54) is 19.4 Å². The lowest BCUT2D eigenvalue weighted by molar-refractivity contribution is 0.432. The van der Waals surface area contributed by atoms with E-state index in [1.807, 2.05) is 0 Å². The van der Waals surface area contributed by atoms with Crippen molar-refractivity contribution < 1.29 is 0 Å². The van der Waals surface area contributed by atoms with E-state index in [4.69, 9.17) is 0 Å². The van der Waals surface area contributed by atoms with Gasteiger partial charge in [0.15, 0.2) is 0 Å². The molecule has 1 heteroatoms. The maximum Gasteiger partial charge on any atom is 0.0186 e. The number of hydrogen-bond donors (Lipinski definition) is 0. The molecule has 1 rings (SSSR count). The number of nitrogens with zero attached hydrogens (tertiary/aromatic N) is 1. The minimum Gasteiger partial charge on any atom is -0.305 e. The molecule has 0 amide bonds. The number of likely N-dealkylation sites (N-methyl/N-ethyl adjacent to an activating group) is 1. The Balaban J connectivity index is 2.19. The summed E-state index contributed by atoms with van der Waals surface area (Å²) in [5.41, 5.74) is 1.61. The normalized spacial score (nSPS) is 18.1. The molecule has 0 aromatic heterocycles. The number of hydrogen-bond acceptors (Lipinski definition) is 1. The van der Waals surface area contributed by atoms with Crippen LogP contribution >= 0.6 is 0 Å². The van der Waals surface area contributed by atoms with E-state index in [0.29, 0.717) is 0 Å². The quantitative estimate of drug-likeness (QED) is 0.485. The predicted octanol–water partition coefficient (Wildman–Crippen LogP) is 1.27. The molecular formula is C7H13N. The highest BCUT2D eigenvalue weighted by molar-refractivity contribution is 5.13. The molecule has 0 heterocycles. The fourth-order valence-electron chi connectivity index (χ4n) is 0.898. The molecule has 0 N–H and O–H groups in total. The fraction of sp³-hybridized carbons (Fsp3) is 0.714. The van der Waals surface area contributed by atoms with Gasteiger partial charge in [-0.25, -0.2) is 0 Å². The van der Waals surface area contributed by atoms with Crippen molar-refractivity contribution in [2.24, 2.45) is 0 Å². The third kappa shape index (κ3) is 1.34. The molecule has 0 saturated heterocycles. The van der Waals surface area contributed by atoms with Crippen LogP contribution in [0.4, 0.5) is 0 Å². The lowest BCUT2D eigenvalue weighted by Gasteiger charge is -2.18. The standard InChI is InChI=1S/C7H13N/c1-8(2)6-7-4-3-5-7/h4H,3,5-6H2,1-2H3. The summed E-state index contributed by atoms with van der Waals surface area (Å²) in [6.07, 6.45) is 4.96. The van der Waals surface area contributed by atoms with E-state index < -0.39 is 0 Å². The van der Waals surface area contributed by atoms with Gasteiger partial charge in [-0.3, -0.25) is 0 Å². The third-order valence-electron chi connectivity index (χ3n) is 1.42. The minimum atomic E-state index is 1.17. The van der Waals surface area contributed by atoms with Crippen LogP contribution in [0.5, 0.6) is 0 Å². The first-order valence-corrected chi connectivity index (χ1v) is 3.11. The molecule has 0 fully saturated rings.